The maximum atomic E-state index is 11.3. The molecule has 94 valence electrons. The summed E-state index contributed by atoms with van der Waals surface area (Å²) < 4.78 is 9.99. The summed E-state index contributed by atoms with van der Waals surface area (Å²) in [7, 11) is 1.62. The first-order valence-electron chi connectivity index (χ1n) is 5.70. The van der Waals surface area contributed by atoms with E-state index in [0.29, 0.717) is 26.1 Å². The van der Waals surface area contributed by atoms with Crippen LogP contribution in [0.3, 0.4) is 0 Å². The van der Waals surface area contributed by atoms with Gasteiger partial charge < -0.3 is 20.1 Å². The Bertz CT molecular complexity index is 217. The zero-order chi connectivity index (χ0) is 11.9. The van der Waals surface area contributed by atoms with Crippen molar-refractivity contribution in [2.24, 2.45) is 5.41 Å². The Morgan fingerprint density at radius 2 is 2.19 bits per heavy atom. The Hall–Kier alpha value is -0.650. The van der Waals surface area contributed by atoms with Gasteiger partial charge in [0.1, 0.15) is 0 Å². The molecule has 0 aromatic rings. The molecule has 0 aromatic heterocycles. The Kier molecular flexibility index (Phi) is 5.73. The van der Waals surface area contributed by atoms with Crippen molar-refractivity contribution in [3.63, 3.8) is 0 Å². The van der Waals surface area contributed by atoms with Crippen molar-refractivity contribution in [1.29, 1.82) is 0 Å². The summed E-state index contributed by atoms with van der Waals surface area (Å²) in [6, 6.07) is 0. The molecule has 0 spiro atoms. The Balaban J connectivity index is 1.92. The number of ether oxygens (including phenoxy) is 2. The van der Waals surface area contributed by atoms with Crippen LogP contribution < -0.4 is 10.6 Å². The van der Waals surface area contributed by atoms with Gasteiger partial charge in [-0.25, -0.2) is 0 Å². The van der Waals surface area contributed by atoms with Gasteiger partial charge >= 0.3 is 0 Å². The van der Waals surface area contributed by atoms with Gasteiger partial charge in [-0.3, -0.25) is 4.79 Å². The summed E-state index contributed by atoms with van der Waals surface area (Å²) in [5.41, 5.74) is 0.270. The molecule has 0 atom stereocenters. The molecule has 1 saturated heterocycles. The van der Waals surface area contributed by atoms with Crippen LogP contribution in [0.4, 0.5) is 0 Å². The van der Waals surface area contributed by atoms with Gasteiger partial charge in [-0.15, -0.1) is 0 Å². The minimum atomic E-state index is 0.0690. The van der Waals surface area contributed by atoms with E-state index in [4.69, 9.17) is 9.47 Å². The van der Waals surface area contributed by atoms with E-state index < -0.39 is 0 Å². The molecule has 1 rings (SSSR count). The molecule has 0 aliphatic carbocycles. The fraction of sp³-hybridized carbons (Fsp3) is 0.909. The molecule has 1 aliphatic heterocycles. The topological polar surface area (TPSA) is 59.6 Å². The van der Waals surface area contributed by atoms with E-state index in [2.05, 4.69) is 17.6 Å². The Labute approximate surface area is 96.9 Å². The van der Waals surface area contributed by atoms with E-state index >= 15 is 0 Å². The lowest BCUT2D eigenvalue weighted by atomic mass is 9.89. The highest BCUT2D eigenvalue weighted by atomic mass is 16.5. The van der Waals surface area contributed by atoms with Gasteiger partial charge in [0, 0.05) is 38.6 Å². The predicted molar refractivity (Wildman–Crippen MR) is 61.3 cm³/mol. The summed E-state index contributed by atoms with van der Waals surface area (Å²) in [5, 5.41) is 6.06. The van der Waals surface area contributed by atoms with Crippen LogP contribution in [0.25, 0.3) is 0 Å². The fourth-order valence-corrected chi connectivity index (χ4v) is 1.53. The first-order chi connectivity index (χ1) is 7.66. The van der Waals surface area contributed by atoms with Crippen molar-refractivity contribution in [3.05, 3.63) is 0 Å². The molecule has 0 unspecified atom stereocenters. The summed E-state index contributed by atoms with van der Waals surface area (Å²) in [6.07, 6.45) is 0.515. The van der Waals surface area contributed by atoms with Crippen molar-refractivity contribution in [2.45, 2.75) is 13.3 Å². The second-order valence-electron chi connectivity index (χ2n) is 4.57. The van der Waals surface area contributed by atoms with E-state index in [0.717, 1.165) is 19.8 Å². The van der Waals surface area contributed by atoms with E-state index in [9.17, 15) is 4.79 Å². The second-order valence-corrected chi connectivity index (χ2v) is 4.57. The highest BCUT2D eigenvalue weighted by molar-refractivity contribution is 5.75. The van der Waals surface area contributed by atoms with Crippen LogP contribution in [0.15, 0.2) is 0 Å². The molecule has 1 fully saturated rings. The van der Waals surface area contributed by atoms with Gasteiger partial charge in [0.15, 0.2) is 0 Å². The molecule has 1 amide bonds. The molecule has 5 heteroatoms. The number of hydrogen-bond acceptors (Lipinski definition) is 4. The molecule has 0 bridgehead atoms. The van der Waals surface area contributed by atoms with Crippen LogP contribution in [-0.2, 0) is 14.3 Å². The highest BCUT2D eigenvalue weighted by Crippen LogP contribution is 2.24. The molecule has 2 N–H and O–H groups in total. The van der Waals surface area contributed by atoms with Crippen molar-refractivity contribution >= 4 is 5.91 Å². The van der Waals surface area contributed by atoms with Crippen molar-refractivity contribution in [3.8, 4) is 0 Å². The van der Waals surface area contributed by atoms with Crippen molar-refractivity contribution in [1.82, 2.24) is 10.6 Å². The van der Waals surface area contributed by atoms with E-state index in [1.54, 1.807) is 7.11 Å². The fourth-order valence-electron chi connectivity index (χ4n) is 1.53. The molecule has 0 radical (unpaired) electrons. The molecule has 1 heterocycles. The van der Waals surface area contributed by atoms with Gasteiger partial charge in [0.25, 0.3) is 0 Å². The highest BCUT2D eigenvalue weighted by Gasteiger charge is 2.32. The van der Waals surface area contributed by atoms with Gasteiger partial charge in [-0.1, -0.05) is 6.92 Å². The lowest BCUT2D eigenvalue weighted by molar-refractivity contribution is -0.121. The molecule has 16 heavy (non-hydrogen) atoms. The minimum absolute atomic E-state index is 0.0690. The molecule has 0 aromatic carbocycles. The monoisotopic (exact) mass is 230 g/mol. The first-order valence-corrected chi connectivity index (χ1v) is 5.70. The van der Waals surface area contributed by atoms with Gasteiger partial charge in [-0.2, -0.15) is 0 Å². The Morgan fingerprint density at radius 3 is 2.75 bits per heavy atom. The summed E-state index contributed by atoms with van der Waals surface area (Å²) in [6.45, 7) is 6.60. The van der Waals surface area contributed by atoms with Crippen molar-refractivity contribution in [2.75, 3.05) is 46.6 Å². The second kappa shape index (κ2) is 6.83. The lowest BCUT2D eigenvalue weighted by Crippen LogP contribution is -2.47. The van der Waals surface area contributed by atoms with Crippen LogP contribution >= 0.6 is 0 Å². The number of amides is 1. The molecular formula is C11H22N2O3. The quantitative estimate of drug-likeness (QED) is 0.565. The zero-order valence-electron chi connectivity index (χ0n) is 10.2. The Morgan fingerprint density at radius 1 is 1.44 bits per heavy atom. The molecule has 5 nitrogen and oxygen atoms in total. The largest absolute Gasteiger partial charge is 0.383 e. The third-order valence-corrected chi connectivity index (χ3v) is 2.61. The van der Waals surface area contributed by atoms with Gasteiger partial charge in [-0.05, 0) is 0 Å². The zero-order valence-corrected chi connectivity index (χ0v) is 10.2. The smallest absolute Gasteiger partial charge is 0.221 e. The van der Waals surface area contributed by atoms with Crippen LogP contribution in [0, 0.1) is 5.41 Å². The average molecular weight is 230 g/mol. The van der Waals surface area contributed by atoms with Crippen LogP contribution in [0.5, 0.6) is 0 Å². The maximum absolute atomic E-state index is 11.3. The lowest BCUT2D eigenvalue weighted by Gasteiger charge is -2.38. The van der Waals surface area contributed by atoms with E-state index in [-0.39, 0.29) is 11.3 Å². The number of nitrogens with one attached hydrogen (secondary N) is 2. The summed E-state index contributed by atoms with van der Waals surface area (Å²) >= 11 is 0. The third kappa shape index (κ3) is 4.92. The average Bonchev–Trinajstić information content (AvgIpc) is 2.22. The van der Waals surface area contributed by atoms with Gasteiger partial charge in [0.2, 0.25) is 5.91 Å². The molecular weight excluding hydrogens is 208 g/mol. The SMILES string of the molecule is COCCNC(=O)CCNCC1(C)COC1. The van der Waals surface area contributed by atoms with Crippen molar-refractivity contribution < 1.29 is 14.3 Å². The number of carbonyl (C=O) groups excluding carboxylic acids is 1. The number of carbonyl (C=O) groups is 1. The maximum Gasteiger partial charge on any atom is 0.221 e. The first kappa shape index (κ1) is 13.4. The molecule has 0 saturated carbocycles. The van der Waals surface area contributed by atoms with Gasteiger partial charge in [0.05, 0.1) is 19.8 Å². The number of hydrogen-bond donors (Lipinski definition) is 2. The van der Waals surface area contributed by atoms with E-state index in [1.165, 1.54) is 0 Å². The van der Waals surface area contributed by atoms with E-state index in [1.807, 2.05) is 0 Å². The van der Waals surface area contributed by atoms with Crippen LogP contribution in [0.1, 0.15) is 13.3 Å². The number of rotatable bonds is 8. The molecule has 1 aliphatic rings. The van der Waals surface area contributed by atoms with Crippen LogP contribution in [0.2, 0.25) is 0 Å². The third-order valence-electron chi connectivity index (χ3n) is 2.61. The minimum Gasteiger partial charge on any atom is -0.383 e. The number of methoxy groups -OCH3 is 1. The normalized spacial score (nSPS) is 17.9. The summed E-state index contributed by atoms with van der Waals surface area (Å²) in [4.78, 5) is 11.3. The predicted octanol–water partition coefficient (Wildman–Crippen LogP) is -0.235. The standard InChI is InChI=1S/C11H22N2O3/c1-11(8-16-9-11)7-12-4-3-10(14)13-5-6-15-2/h12H,3-9H2,1-2H3,(H,13,14). The summed E-state index contributed by atoms with van der Waals surface area (Å²) in [5.74, 6) is 0.0690. The van der Waals surface area contributed by atoms with Crippen LogP contribution in [-0.4, -0.2) is 52.5 Å².